The average Bonchev–Trinajstić information content (AvgIpc) is 3.15. The second-order valence-electron chi connectivity index (χ2n) is 6.40. The van der Waals surface area contributed by atoms with Crippen molar-refractivity contribution in [3.63, 3.8) is 0 Å². The number of carbonyl (C=O) groups is 2. The van der Waals surface area contributed by atoms with Gasteiger partial charge in [0.25, 0.3) is 0 Å². The molecule has 0 saturated heterocycles. The Labute approximate surface area is 173 Å². The minimum Gasteiger partial charge on any atom is -0.495 e. The van der Waals surface area contributed by atoms with E-state index in [1.165, 1.54) is 13.2 Å². The lowest BCUT2D eigenvalue weighted by atomic mass is 10.1. The highest BCUT2D eigenvalue weighted by Crippen LogP contribution is 2.27. The third kappa shape index (κ3) is 5.36. The Bertz CT molecular complexity index is 1020. The zero-order chi connectivity index (χ0) is 20.8. The SMILES string of the molecule is COc1ccc(Cl)cc1NC(=O)C(=O)NCCc1ccc(-c2cnn(C)c2)cc1. The highest BCUT2D eigenvalue weighted by molar-refractivity contribution is 6.40. The summed E-state index contributed by atoms with van der Waals surface area (Å²) in [5.41, 5.74) is 3.50. The van der Waals surface area contributed by atoms with Crippen LogP contribution in [0, 0.1) is 0 Å². The van der Waals surface area contributed by atoms with Crippen LogP contribution in [0.5, 0.6) is 5.75 Å². The maximum Gasteiger partial charge on any atom is 0.313 e. The molecule has 0 saturated carbocycles. The molecule has 8 heteroatoms. The van der Waals surface area contributed by atoms with Gasteiger partial charge in [-0.2, -0.15) is 5.10 Å². The van der Waals surface area contributed by atoms with E-state index in [9.17, 15) is 9.59 Å². The summed E-state index contributed by atoms with van der Waals surface area (Å²) >= 11 is 5.93. The molecule has 0 atom stereocenters. The standard InChI is InChI=1S/C21H21ClN4O3/c1-26-13-16(12-24-26)15-5-3-14(4-6-15)9-10-23-20(27)21(28)25-18-11-17(22)7-8-19(18)29-2/h3-8,11-13H,9-10H2,1-2H3,(H,23,27)(H,25,28). The first kappa shape index (κ1) is 20.4. The van der Waals surface area contributed by atoms with Crippen molar-refractivity contribution in [1.29, 1.82) is 0 Å². The lowest BCUT2D eigenvalue weighted by Gasteiger charge is -2.10. The smallest absolute Gasteiger partial charge is 0.313 e. The summed E-state index contributed by atoms with van der Waals surface area (Å²) < 4.78 is 6.91. The second kappa shape index (κ2) is 9.25. The van der Waals surface area contributed by atoms with Crippen LogP contribution in [-0.2, 0) is 23.1 Å². The van der Waals surface area contributed by atoms with Crippen molar-refractivity contribution in [3.05, 3.63) is 65.4 Å². The Balaban J connectivity index is 1.50. The molecule has 3 rings (SSSR count). The first-order chi connectivity index (χ1) is 14.0. The van der Waals surface area contributed by atoms with Gasteiger partial charge in [-0.1, -0.05) is 35.9 Å². The van der Waals surface area contributed by atoms with Gasteiger partial charge in [0.2, 0.25) is 0 Å². The molecule has 3 aromatic rings. The maximum atomic E-state index is 12.1. The van der Waals surface area contributed by atoms with Gasteiger partial charge in [-0.15, -0.1) is 0 Å². The van der Waals surface area contributed by atoms with Gasteiger partial charge < -0.3 is 15.4 Å². The third-order valence-electron chi connectivity index (χ3n) is 4.31. The second-order valence-corrected chi connectivity index (χ2v) is 6.84. The third-order valence-corrected chi connectivity index (χ3v) is 4.54. The van der Waals surface area contributed by atoms with Gasteiger partial charge in [-0.05, 0) is 35.7 Å². The van der Waals surface area contributed by atoms with Crippen molar-refractivity contribution in [2.75, 3.05) is 19.0 Å². The number of benzene rings is 2. The van der Waals surface area contributed by atoms with E-state index in [4.69, 9.17) is 16.3 Å². The molecular formula is C21H21ClN4O3. The van der Waals surface area contributed by atoms with E-state index in [-0.39, 0.29) is 0 Å². The van der Waals surface area contributed by atoms with Gasteiger partial charge in [0.1, 0.15) is 5.75 Å². The van der Waals surface area contributed by atoms with Crippen LogP contribution in [0.1, 0.15) is 5.56 Å². The number of methoxy groups -OCH3 is 1. The van der Waals surface area contributed by atoms with Gasteiger partial charge in [0, 0.05) is 30.4 Å². The summed E-state index contributed by atoms with van der Waals surface area (Å²) in [5.74, 6) is -1.08. The van der Waals surface area contributed by atoms with E-state index in [0.29, 0.717) is 29.4 Å². The van der Waals surface area contributed by atoms with Crippen molar-refractivity contribution >= 4 is 29.1 Å². The predicted octanol–water partition coefficient (Wildman–Crippen LogP) is 3.05. The summed E-state index contributed by atoms with van der Waals surface area (Å²) in [4.78, 5) is 24.2. The molecule has 0 aliphatic heterocycles. The average molecular weight is 413 g/mol. The number of aromatic nitrogens is 2. The van der Waals surface area contributed by atoms with Crippen molar-refractivity contribution in [2.45, 2.75) is 6.42 Å². The molecule has 29 heavy (non-hydrogen) atoms. The summed E-state index contributed by atoms with van der Waals surface area (Å²) in [6.45, 7) is 0.338. The molecule has 0 radical (unpaired) electrons. The van der Waals surface area contributed by atoms with Crippen LogP contribution in [0.25, 0.3) is 11.1 Å². The molecule has 1 aromatic heterocycles. The molecule has 2 amide bonds. The Kier molecular flexibility index (Phi) is 6.51. The Morgan fingerprint density at radius 1 is 1.10 bits per heavy atom. The number of halogens is 1. The molecule has 150 valence electrons. The first-order valence-electron chi connectivity index (χ1n) is 8.97. The summed E-state index contributed by atoms with van der Waals surface area (Å²) in [6.07, 6.45) is 4.36. The highest BCUT2D eigenvalue weighted by Gasteiger charge is 2.15. The van der Waals surface area contributed by atoms with E-state index < -0.39 is 11.8 Å². The zero-order valence-electron chi connectivity index (χ0n) is 16.1. The number of nitrogens with one attached hydrogen (secondary N) is 2. The number of anilines is 1. The van der Waals surface area contributed by atoms with Crippen LogP contribution in [-0.4, -0.2) is 35.2 Å². The molecule has 1 heterocycles. The van der Waals surface area contributed by atoms with E-state index in [1.807, 2.05) is 43.7 Å². The monoisotopic (exact) mass is 412 g/mol. The molecule has 2 N–H and O–H groups in total. The van der Waals surface area contributed by atoms with Gasteiger partial charge in [-0.25, -0.2) is 0 Å². The first-order valence-corrected chi connectivity index (χ1v) is 9.35. The highest BCUT2D eigenvalue weighted by atomic mass is 35.5. The van der Waals surface area contributed by atoms with E-state index in [2.05, 4.69) is 15.7 Å². The van der Waals surface area contributed by atoms with Crippen LogP contribution in [0.15, 0.2) is 54.9 Å². The molecule has 2 aromatic carbocycles. The predicted molar refractivity (Wildman–Crippen MR) is 112 cm³/mol. The van der Waals surface area contributed by atoms with E-state index in [0.717, 1.165) is 16.7 Å². The topological polar surface area (TPSA) is 85.2 Å². The number of ether oxygens (including phenoxy) is 1. The molecule has 0 aliphatic rings. The number of carbonyl (C=O) groups excluding carboxylic acids is 2. The fourth-order valence-corrected chi connectivity index (χ4v) is 2.96. The quantitative estimate of drug-likeness (QED) is 0.609. The van der Waals surface area contributed by atoms with Crippen LogP contribution in [0.4, 0.5) is 5.69 Å². The Morgan fingerprint density at radius 2 is 1.86 bits per heavy atom. The van der Waals surface area contributed by atoms with Crippen LogP contribution < -0.4 is 15.4 Å². The molecule has 0 bridgehead atoms. The normalized spacial score (nSPS) is 10.4. The minimum absolute atomic E-state index is 0.338. The van der Waals surface area contributed by atoms with Gasteiger partial charge in [-0.3, -0.25) is 14.3 Å². The van der Waals surface area contributed by atoms with Crippen molar-refractivity contribution in [1.82, 2.24) is 15.1 Å². The van der Waals surface area contributed by atoms with Gasteiger partial charge >= 0.3 is 11.8 Å². The molecule has 0 unspecified atom stereocenters. The number of amides is 2. The number of aryl methyl sites for hydroxylation is 1. The number of nitrogens with zero attached hydrogens (tertiary/aromatic N) is 2. The maximum absolute atomic E-state index is 12.1. The molecular weight excluding hydrogens is 392 g/mol. The van der Waals surface area contributed by atoms with Crippen LogP contribution in [0.3, 0.4) is 0 Å². The number of rotatable bonds is 6. The molecule has 0 spiro atoms. The van der Waals surface area contributed by atoms with E-state index in [1.54, 1.807) is 16.8 Å². The lowest BCUT2D eigenvalue weighted by molar-refractivity contribution is -0.136. The Hall–Kier alpha value is -3.32. The van der Waals surface area contributed by atoms with Crippen LogP contribution in [0.2, 0.25) is 5.02 Å². The fraction of sp³-hybridized carbons (Fsp3) is 0.190. The zero-order valence-corrected chi connectivity index (χ0v) is 16.9. The van der Waals surface area contributed by atoms with Gasteiger partial charge in [0.05, 0.1) is 19.0 Å². The van der Waals surface area contributed by atoms with Crippen molar-refractivity contribution in [2.24, 2.45) is 7.05 Å². The number of hydrogen-bond donors (Lipinski definition) is 2. The summed E-state index contributed by atoms with van der Waals surface area (Å²) in [6, 6.07) is 12.8. The lowest BCUT2D eigenvalue weighted by Crippen LogP contribution is -2.36. The van der Waals surface area contributed by atoms with Crippen LogP contribution >= 0.6 is 11.6 Å². The minimum atomic E-state index is -0.780. The summed E-state index contributed by atoms with van der Waals surface area (Å²) in [7, 11) is 3.34. The Morgan fingerprint density at radius 3 is 2.52 bits per heavy atom. The molecule has 0 aliphatic carbocycles. The van der Waals surface area contributed by atoms with Crippen molar-refractivity contribution < 1.29 is 14.3 Å². The van der Waals surface area contributed by atoms with E-state index >= 15 is 0 Å². The largest absolute Gasteiger partial charge is 0.495 e. The van der Waals surface area contributed by atoms with Crippen molar-refractivity contribution in [3.8, 4) is 16.9 Å². The molecule has 0 fully saturated rings. The molecule has 7 nitrogen and oxygen atoms in total. The fourth-order valence-electron chi connectivity index (χ4n) is 2.79. The summed E-state index contributed by atoms with van der Waals surface area (Å²) in [5, 5.41) is 9.71. The van der Waals surface area contributed by atoms with Gasteiger partial charge in [0.15, 0.2) is 0 Å². The number of hydrogen-bond acceptors (Lipinski definition) is 4.